The fraction of sp³-hybridized carbons (Fsp3) is 0.0769. The van der Waals surface area contributed by atoms with E-state index >= 15 is 0 Å². The van der Waals surface area contributed by atoms with Crippen LogP contribution in [0.4, 0.5) is 4.39 Å². The van der Waals surface area contributed by atoms with Crippen LogP contribution in [0.1, 0.15) is 17.2 Å². The van der Waals surface area contributed by atoms with Gasteiger partial charge in [0.1, 0.15) is 5.82 Å². The van der Waals surface area contributed by atoms with Crippen LogP contribution in [-0.4, -0.2) is 0 Å². The molecule has 0 amide bonds. The standard InChI is InChI=1S/C13H9ClFN/c14-7-4-5-8-10(6-7)13(16)9-2-1-3-11(15)12(8)9/h1-6,13H,16H2. The maximum atomic E-state index is 13.8. The summed E-state index contributed by atoms with van der Waals surface area (Å²) in [6, 6.07) is 10.1. The summed E-state index contributed by atoms with van der Waals surface area (Å²) in [5, 5.41) is 0.627. The van der Waals surface area contributed by atoms with Gasteiger partial charge in [0.2, 0.25) is 0 Å². The van der Waals surface area contributed by atoms with Crippen LogP contribution in [0.3, 0.4) is 0 Å². The van der Waals surface area contributed by atoms with Crippen LogP contribution in [-0.2, 0) is 0 Å². The zero-order valence-electron chi connectivity index (χ0n) is 8.37. The molecule has 2 aromatic carbocycles. The van der Waals surface area contributed by atoms with Gasteiger partial charge in [-0.05, 0) is 34.9 Å². The van der Waals surface area contributed by atoms with Crippen molar-refractivity contribution in [1.29, 1.82) is 0 Å². The van der Waals surface area contributed by atoms with E-state index in [0.29, 0.717) is 10.6 Å². The van der Waals surface area contributed by atoms with Crippen molar-refractivity contribution in [2.45, 2.75) is 6.04 Å². The van der Waals surface area contributed by atoms with Gasteiger partial charge in [0, 0.05) is 10.6 Å². The van der Waals surface area contributed by atoms with Crippen molar-refractivity contribution in [3.8, 4) is 11.1 Å². The Morgan fingerprint density at radius 2 is 1.94 bits per heavy atom. The molecule has 2 N–H and O–H groups in total. The molecule has 1 aliphatic rings. The molecule has 16 heavy (non-hydrogen) atoms. The second-order valence-electron chi connectivity index (χ2n) is 3.91. The maximum Gasteiger partial charge on any atom is 0.131 e. The molecule has 3 rings (SSSR count). The highest BCUT2D eigenvalue weighted by Gasteiger charge is 2.28. The van der Waals surface area contributed by atoms with Gasteiger partial charge in [0.15, 0.2) is 0 Å². The number of halogens is 2. The van der Waals surface area contributed by atoms with Crippen LogP contribution in [0.2, 0.25) is 5.02 Å². The molecular formula is C13H9ClFN. The second kappa shape index (κ2) is 3.30. The van der Waals surface area contributed by atoms with Gasteiger partial charge in [-0.15, -0.1) is 0 Å². The first-order chi connectivity index (χ1) is 7.68. The monoisotopic (exact) mass is 233 g/mol. The van der Waals surface area contributed by atoms with Gasteiger partial charge in [0.05, 0.1) is 6.04 Å². The molecule has 0 heterocycles. The summed E-state index contributed by atoms with van der Waals surface area (Å²) in [4.78, 5) is 0. The number of hydrogen-bond donors (Lipinski definition) is 1. The Kier molecular flexibility index (Phi) is 2.03. The Bertz CT molecular complexity index is 580. The summed E-state index contributed by atoms with van der Waals surface area (Å²) < 4.78 is 13.8. The molecule has 1 aliphatic carbocycles. The van der Waals surface area contributed by atoms with Crippen molar-refractivity contribution in [2.75, 3.05) is 0 Å². The third-order valence-corrected chi connectivity index (χ3v) is 3.23. The smallest absolute Gasteiger partial charge is 0.131 e. The Morgan fingerprint density at radius 1 is 1.12 bits per heavy atom. The summed E-state index contributed by atoms with van der Waals surface area (Å²) in [6.07, 6.45) is 0. The number of fused-ring (bicyclic) bond motifs is 3. The second-order valence-corrected chi connectivity index (χ2v) is 4.35. The summed E-state index contributed by atoms with van der Waals surface area (Å²) in [6.45, 7) is 0. The average Bonchev–Trinajstić information content (AvgIpc) is 2.55. The van der Waals surface area contributed by atoms with E-state index in [4.69, 9.17) is 17.3 Å². The maximum absolute atomic E-state index is 13.8. The lowest BCUT2D eigenvalue weighted by Gasteiger charge is -2.05. The molecule has 0 saturated heterocycles. The van der Waals surface area contributed by atoms with Gasteiger partial charge in [-0.25, -0.2) is 4.39 Å². The molecule has 0 bridgehead atoms. The molecule has 1 nitrogen and oxygen atoms in total. The Balaban J connectivity index is 2.36. The van der Waals surface area contributed by atoms with Crippen LogP contribution < -0.4 is 5.73 Å². The van der Waals surface area contributed by atoms with Crippen molar-refractivity contribution >= 4 is 11.6 Å². The highest BCUT2D eigenvalue weighted by molar-refractivity contribution is 6.30. The van der Waals surface area contributed by atoms with E-state index in [-0.39, 0.29) is 11.9 Å². The molecule has 0 saturated carbocycles. The van der Waals surface area contributed by atoms with Crippen molar-refractivity contribution in [3.63, 3.8) is 0 Å². The van der Waals surface area contributed by atoms with Crippen LogP contribution in [0.5, 0.6) is 0 Å². The van der Waals surface area contributed by atoms with E-state index in [1.165, 1.54) is 6.07 Å². The molecule has 1 atom stereocenters. The lowest BCUT2D eigenvalue weighted by Crippen LogP contribution is -2.07. The van der Waals surface area contributed by atoms with Gasteiger partial charge in [0.25, 0.3) is 0 Å². The van der Waals surface area contributed by atoms with Gasteiger partial charge >= 0.3 is 0 Å². The van der Waals surface area contributed by atoms with Gasteiger partial charge in [-0.3, -0.25) is 0 Å². The minimum Gasteiger partial charge on any atom is -0.320 e. The number of rotatable bonds is 0. The van der Waals surface area contributed by atoms with Gasteiger partial charge in [-0.1, -0.05) is 29.8 Å². The predicted molar refractivity (Wildman–Crippen MR) is 62.9 cm³/mol. The van der Waals surface area contributed by atoms with E-state index < -0.39 is 0 Å². The molecule has 1 unspecified atom stereocenters. The van der Waals surface area contributed by atoms with E-state index in [1.54, 1.807) is 18.2 Å². The molecular weight excluding hydrogens is 225 g/mol. The third-order valence-electron chi connectivity index (χ3n) is 3.00. The van der Waals surface area contributed by atoms with Crippen LogP contribution in [0.25, 0.3) is 11.1 Å². The first-order valence-electron chi connectivity index (χ1n) is 5.02. The summed E-state index contributed by atoms with van der Waals surface area (Å²) >= 11 is 5.92. The Hall–Kier alpha value is -1.38. The molecule has 3 heteroatoms. The van der Waals surface area contributed by atoms with Crippen molar-refractivity contribution < 1.29 is 4.39 Å². The molecule has 0 aliphatic heterocycles. The van der Waals surface area contributed by atoms with Crippen molar-refractivity contribution in [2.24, 2.45) is 5.73 Å². The van der Waals surface area contributed by atoms with E-state index in [9.17, 15) is 4.39 Å². The quantitative estimate of drug-likeness (QED) is 0.741. The first kappa shape index (κ1) is 9.82. The lowest BCUT2D eigenvalue weighted by atomic mass is 10.1. The minimum absolute atomic E-state index is 0.228. The third kappa shape index (κ3) is 1.20. The minimum atomic E-state index is -0.278. The van der Waals surface area contributed by atoms with Crippen LogP contribution in [0, 0.1) is 5.82 Å². The molecule has 80 valence electrons. The normalized spacial score (nSPS) is 17.1. The summed E-state index contributed by atoms with van der Waals surface area (Å²) in [5.74, 6) is -0.228. The predicted octanol–water partition coefficient (Wildman–Crippen LogP) is 3.51. The SMILES string of the molecule is NC1c2cc(Cl)ccc2-c2c(F)cccc21. The highest BCUT2D eigenvalue weighted by Crippen LogP contribution is 2.44. The largest absolute Gasteiger partial charge is 0.320 e. The highest BCUT2D eigenvalue weighted by atomic mass is 35.5. The lowest BCUT2D eigenvalue weighted by molar-refractivity contribution is 0.630. The van der Waals surface area contributed by atoms with Gasteiger partial charge < -0.3 is 5.73 Å². The number of benzene rings is 2. The molecule has 2 aromatic rings. The van der Waals surface area contributed by atoms with Crippen molar-refractivity contribution in [1.82, 2.24) is 0 Å². The average molecular weight is 234 g/mol. The van der Waals surface area contributed by atoms with E-state index in [2.05, 4.69) is 0 Å². The zero-order chi connectivity index (χ0) is 11.3. The molecule has 0 fully saturated rings. The van der Waals surface area contributed by atoms with Crippen molar-refractivity contribution in [3.05, 3.63) is 58.4 Å². The number of hydrogen-bond acceptors (Lipinski definition) is 1. The van der Waals surface area contributed by atoms with Crippen LogP contribution in [0.15, 0.2) is 36.4 Å². The fourth-order valence-electron chi connectivity index (χ4n) is 2.27. The van der Waals surface area contributed by atoms with E-state index in [0.717, 1.165) is 16.7 Å². The van der Waals surface area contributed by atoms with Crippen LogP contribution >= 0.6 is 11.6 Å². The van der Waals surface area contributed by atoms with Gasteiger partial charge in [-0.2, -0.15) is 0 Å². The zero-order valence-corrected chi connectivity index (χ0v) is 9.13. The molecule has 0 radical (unpaired) electrons. The van der Waals surface area contributed by atoms with E-state index in [1.807, 2.05) is 12.1 Å². The summed E-state index contributed by atoms with van der Waals surface area (Å²) in [7, 11) is 0. The molecule has 0 aromatic heterocycles. The Labute approximate surface area is 97.7 Å². The number of nitrogens with two attached hydrogens (primary N) is 1. The first-order valence-corrected chi connectivity index (χ1v) is 5.40. The topological polar surface area (TPSA) is 26.0 Å². The Morgan fingerprint density at radius 3 is 2.75 bits per heavy atom. The molecule has 0 spiro atoms. The fourth-order valence-corrected chi connectivity index (χ4v) is 2.45. The summed E-state index contributed by atoms with van der Waals surface area (Å²) in [5.41, 5.74) is 9.26.